The number of para-hydroxylation sites is 3. The van der Waals surface area contributed by atoms with E-state index in [0.717, 1.165) is 67.3 Å². The van der Waals surface area contributed by atoms with E-state index in [4.69, 9.17) is 9.97 Å². The molecule has 0 amide bonds. The van der Waals surface area contributed by atoms with Crippen LogP contribution in [0.15, 0.2) is 164 Å². The molecular weight excluding hydrogens is 755 g/mol. The Morgan fingerprint density at radius 2 is 1.05 bits per heavy atom. The number of fused-ring (bicyclic) bond motifs is 3. The molecule has 0 aliphatic carbocycles. The highest BCUT2D eigenvalue weighted by Gasteiger charge is 2.25. The Hall–Kier alpha value is -6.78. The lowest BCUT2D eigenvalue weighted by Crippen LogP contribution is -2.16. The minimum Gasteiger partial charge on any atom is -0.507 e. The van der Waals surface area contributed by atoms with Crippen molar-refractivity contribution in [2.45, 2.75) is 78.6 Å². The van der Waals surface area contributed by atoms with Crippen molar-refractivity contribution in [2.75, 3.05) is 0 Å². The third kappa shape index (κ3) is 7.60. The van der Waals surface area contributed by atoms with Crippen LogP contribution in [0.4, 0.5) is 0 Å². The second-order valence-corrected chi connectivity index (χ2v) is 19.8. The van der Waals surface area contributed by atoms with Gasteiger partial charge in [0, 0.05) is 44.9 Å². The van der Waals surface area contributed by atoms with Crippen LogP contribution in [-0.2, 0) is 16.2 Å². The van der Waals surface area contributed by atoms with Gasteiger partial charge >= 0.3 is 0 Å². The summed E-state index contributed by atoms with van der Waals surface area (Å²) in [5.74, 6) is 0.225. The van der Waals surface area contributed by atoms with Gasteiger partial charge in [0.05, 0.1) is 28.1 Å². The highest BCUT2D eigenvalue weighted by Crippen LogP contribution is 2.43. The van der Waals surface area contributed by atoms with Crippen molar-refractivity contribution in [3.63, 3.8) is 0 Å². The molecule has 0 aliphatic heterocycles. The van der Waals surface area contributed by atoms with Gasteiger partial charge in [-0.2, -0.15) is 0 Å². The maximum atomic E-state index is 11.6. The summed E-state index contributed by atoms with van der Waals surface area (Å²) in [6, 6.07) is 56.0. The van der Waals surface area contributed by atoms with Crippen LogP contribution >= 0.6 is 0 Å². The van der Waals surface area contributed by atoms with Gasteiger partial charge in [-0.1, -0.05) is 165 Å². The number of nitrogens with zero attached hydrogens (tertiary/aromatic N) is 3. The Kier molecular flexibility index (Phi) is 10.0. The summed E-state index contributed by atoms with van der Waals surface area (Å²) in [5.41, 5.74) is 16.4. The zero-order valence-corrected chi connectivity index (χ0v) is 37.4. The van der Waals surface area contributed by atoms with Crippen LogP contribution in [-0.4, -0.2) is 19.6 Å². The van der Waals surface area contributed by atoms with Crippen LogP contribution in [0.3, 0.4) is 0 Å². The van der Waals surface area contributed by atoms with E-state index in [1.54, 1.807) is 6.07 Å². The van der Waals surface area contributed by atoms with E-state index >= 15 is 0 Å². The van der Waals surface area contributed by atoms with E-state index in [2.05, 4.69) is 212 Å². The zero-order chi connectivity index (χ0) is 43.6. The van der Waals surface area contributed by atoms with Crippen molar-refractivity contribution < 1.29 is 5.11 Å². The van der Waals surface area contributed by atoms with E-state index in [1.807, 2.05) is 12.3 Å². The fraction of sp³-hybridized carbons (Fsp3) is 0.207. The smallest absolute Gasteiger partial charge is 0.125 e. The van der Waals surface area contributed by atoms with Crippen LogP contribution in [0, 0.1) is 0 Å². The molecule has 0 fully saturated rings. The van der Waals surface area contributed by atoms with Gasteiger partial charge in [-0.15, -0.1) is 0 Å². The first-order valence-corrected chi connectivity index (χ1v) is 21.7. The van der Waals surface area contributed by atoms with Crippen LogP contribution < -0.4 is 0 Å². The second-order valence-electron chi connectivity index (χ2n) is 19.8. The molecule has 4 nitrogen and oxygen atoms in total. The molecule has 4 heteroatoms. The maximum Gasteiger partial charge on any atom is 0.125 e. The summed E-state index contributed by atoms with van der Waals surface area (Å²) in [7, 11) is 0. The highest BCUT2D eigenvalue weighted by molar-refractivity contribution is 6.13. The van der Waals surface area contributed by atoms with Crippen LogP contribution in [0.1, 0.15) is 79.0 Å². The van der Waals surface area contributed by atoms with E-state index < -0.39 is 0 Å². The first-order valence-electron chi connectivity index (χ1n) is 21.7. The quantitative estimate of drug-likeness (QED) is 0.182. The van der Waals surface area contributed by atoms with Gasteiger partial charge < -0.3 is 9.67 Å². The second kappa shape index (κ2) is 15.3. The third-order valence-corrected chi connectivity index (χ3v) is 12.2. The molecule has 0 saturated heterocycles. The molecule has 0 unspecified atom stereocenters. The average molecular weight is 810 g/mol. The first kappa shape index (κ1) is 40.6. The number of phenols is 1. The number of hydrogen-bond acceptors (Lipinski definition) is 3. The van der Waals surface area contributed by atoms with Gasteiger partial charge in [-0.05, 0) is 104 Å². The van der Waals surface area contributed by atoms with Crippen LogP contribution in [0.25, 0.3) is 83.5 Å². The molecule has 9 aromatic rings. The van der Waals surface area contributed by atoms with Crippen molar-refractivity contribution in [2.24, 2.45) is 0 Å². The topological polar surface area (TPSA) is 50.9 Å². The van der Waals surface area contributed by atoms with E-state index in [1.165, 1.54) is 32.9 Å². The molecule has 0 saturated carbocycles. The lowest BCUT2D eigenvalue weighted by Gasteiger charge is -2.27. The predicted octanol–water partition coefficient (Wildman–Crippen LogP) is 15.5. The molecule has 308 valence electrons. The molecule has 6 aromatic carbocycles. The average Bonchev–Trinajstić information content (AvgIpc) is 3.60. The van der Waals surface area contributed by atoms with Gasteiger partial charge in [0.1, 0.15) is 5.75 Å². The molecule has 0 spiro atoms. The largest absolute Gasteiger partial charge is 0.507 e. The number of hydrogen-bond donors (Lipinski definition) is 1. The molecule has 62 heavy (non-hydrogen) atoms. The molecule has 0 radical (unpaired) electrons. The number of phenolic OH excluding ortho intramolecular Hbond substituents is 1. The Bertz CT molecular complexity index is 3100. The van der Waals surface area contributed by atoms with E-state index in [0.29, 0.717) is 0 Å². The van der Waals surface area contributed by atoms with E-state index in [-0.39, 0.29) is 22.0 Å². The van der Waals surface area contributed by atoms with Crippen molar-refractivity contribution in [3.8, 4) is 67.5 Å². The maximum absolute atomic E-state index is 11.6. The van der Waals surface area contributed by atoms with Crippen molar-refractivity contribution in [3.05, 3.63) is 181 Å². The van der Waals surface area contributed by atoms with Gasteiger partial charge in [-0.3, -0.25) is 4.98 Å². The predicted molar refractivity (Wildman–Crippen MR) is 261 cm³/mol. The Morgan fingerprint density at radius 3 is 1.76 bits per heavy atom. The lowest BCUT2D eigenvalue weighted by atomic mass is 9.78. The Labute approximate surface area is 366 Å². The van der Waals surface area contributed by atoms with Crippen LogP contribution in [0.5, 0.6) is 5.75 Å². The fourth-order valence-corrected chi connectivity index (χ4v) is 8.76. The molecule has 1 N–H and O–H groups in total. The number of rotatable bonds is 6. The summed E-state index contributed by atoms with van der Waals surface area (Å²) in [6.07, 6.45) is 1.92. The molecule has 0 atom stereocenters. The fourth-order valence-electron chi connectivity index (χ4n) is 8.76. The molecular formula is C58H55N3O. The Balaban J connectivity index is 1.22. The van der Waals surface area contributed by atoms with Crippen molar-refractivity contribution >= 4 is 21.8 Å². The summed E-state index contributed by atoms with van der Waals surface area (Å²) >= 11 is 0. The van der Waals surface area contributed by atoms with Gasteiger partial charge in [-0.25, -0.2) is 4.98 Å². The Morgan fingerprint density at radius 1 is 0.452 bits per heavy atom. The first-order chi connectivity index (χ1) is 29.5. The molecule has 3 heterocycles. The minimum atomic E-state index is -0.228. The van der Waals surface area contributed by atoms with Crippen LogP contribution in [0.2, 0.25) is 0 Å². The summed E-state index contributed by atoms with van der Waals surface area (Å²) in [6.45, 7) is 20.2. The SMILES string of the molecule is CC(C)(C)c1cc(-c2cc(-c3cccc(-c4cc(-c5cccc6c7ccccc7n(-c7ccccc7)c56)ccn4)c3)nc(-c3c(O)cccc3C(C)(C)C)c2)cc(C(C)(C)C)c1. The highest BCUT2D eigenvalue weighted by atomic mass is 16.3. The van der Waals surface area contributed by atoms with Gasteiger partial charge in [0.2, 0.25) is 0 Å². The molecule has 0 bridgehead atoms. The van der Waals surface area contributed by atoms with Gasteiger partial charge in [0.15, 0.2) is 0 Å². The number of benzene rings is 6. The number of aromatic nitrogens is 3. The van der Waals surface area contributed by atoms with Gasteiger partial charge in [0.25, 0.3) is 0 Å². The summed E-state index contributed by atoms with van der Waals surface area (Å²) in [5, 5.41) is 14.0. The third-order valence-electron chi connectivity index (χ3n) is 12.2. The molecule has 9 rings (SSSR count). The molecule has 3 aromatic heterocycles. The van der Waals surface area contributed by atoms with Crippen molar-refractivity contribution in [1.82, 2.24) is 14.5 Å². The minimum absolute atomic E-state index is 0.0503. The zero-order valence-electron chi connectivity index (χ0n) is 37.4. The normalized spacial score (nSPS) is 12.3. The standard InChI is InChI=1S/C58H55N3O/c1-56(2,3)42-31-40(32-43(36-42)57(4,5)6)41-34-50(60-51(35-41)54-48(58(7,8)9)25-17-27-53(54)62)39-19-15-18-38(30-39)49-33-37(28-29-59-49)45-23-16-24-47-46-22-13-14-26-52(46)61(55(45)47)44-20-11-10-12-21-44/h10-36,62H,1-9H3. The van der Waals surface area contributed by atoms with E-state index in [9.17, 15) is 5.11 Å². The number of aromatic hydroxyl groups is 1. The summed E-state index contributed by atoms with van der Waals surface area (Å²) in [4.78, 5) is 10.3. The molecule has 0 aliphatic rings. The number of pyridine rings is 2. The lowest BCUT2D eigenvalue weighted by molar-refractivity contribution is 0.473. The monoisotopic (exact) mass is 809 g/mol. The summed E-state index contributed by atoms with van der Waals surface area (Å²) < 4.78 is 2.38. The van der Waals surface area contributed by atoms with Crippen molar-refractivity contribution in [1.29, 1.82) is 0 Å².